The maximum Gasteiger partial charge on any atom is 0.262 e. The number of para-hydroxylation sites is 2. The lowest BCUT2D eigenvalue weighted by Gasteiger charge is -2.17. The first-order valence-corrected chi connectivity index (χ1v) is 10.9. The van der Waals surface area contributed by atoms with Crippen LogP contribution < -0.4 is 10.9 Å². The van der Waals surface area contributed by atoms with Gasteiger partial charge in [-0.25, -0.2) is 4.98 Å². The Labute approximate surface area is 175 Å². The number of anilines is 1. The van der Waals surface area contributed by atoms with Gasteiger partial charge in [0.2, 0.25) is 5.91 Å². The monoisotopic (exact) mass is 409 g/mol. The van der Waals surface area contributed by atoms with Gasteiger partial charge in [-0.2, -0.15) is 0 Å². The first-order valence-electron chi connectivity index (χ1n) is 9.95. The standard InChI is InChI=1S/C23H27N3O2S/c1-5-16(4)17-10-6-8-12-19(17)24-21(27)14-29-23-25-20-13-9-7-11-18(20)22(28)26(23)15(2)3/h6-13,15-16H,5,14H2,1-4H3,(H,24,27)/t16-/m0/s1. The second kappa shape index (κ2) is 9.27. The lowest BCUT2D eigenvalue weighted by atomic mass is 9.97. The quantitative estimate of drug-likeness (QED) is 0.429. The van der Waals surface area contributed by atoms with Gasteiger partial charge in [0.1, 0.15) is 0 Å². The highest BCUT2D eigenvalue weighted by Crippen LogP contribution is 2.27. The summed E-state index contributed by atoms with van der Waals surface area (Å²) in [6.45, 7) is 8.19. The molecule has 0 saturated carbocycles. The van der Waals surface area contributed by atoms with E-state index in [0.717, 1.165) is 17.7 Å². The van der Waals surface area contributed by atoms with Crippen LogP contribution in [0.1, 0.15) is 51.6 Å². The van der Waals surface area contributed by atoms with Gasteiger partial charge in [0, 0.05) is 11.7 Å². The van der Waals surface area contributed by atoms with E-state index < -0.39 is 0 Å². The summed E-state index contributed by atoms with van der Waals surface area (Å²) in [6, 6.07) is 15.2. The first-order chi connectivity index (χ1) is 13.9. The molecule has 0 radical (unpaired) electrons. The summed E-state index contributed by atoms with van der Waals surface area (Å²) in [5, 5.41) is 4.18. The molecule has 1 N–H and O–H groups in total. The fourth-order valence-corrected chi connectivity index (χ4v) is 4.19. The Morgan fingerprint density at radius 2 is 1.79 bits per heavy atom. The summed E-state index contributed by atoms with van der Waals surface area (Å²) < 4.78 is 1.66. The molecule has 0 saturated heterocycles. The second-order valence-electron chi connectivity index (χ2n) is 7.41. The number of hydrogen-bond acceptors (Lipinski definition) is 4. The van der Waals surface area contributed by atoms with E-state index in [1.807, 2.05) is 50.2 Å². The van der Waals surface area contributed by atoms with E-state index in [9.17, 15) is 9.59 Å². The van der Waals surface area contributed by atoms with E-state index >= 15 is 0 Å². The van der Waals surface area contributed by atoms with Crippen LogP contribution in [0.3, 0.4) is 0 Å². The zero-order valence-electron chi connectivity index (χ0n) is 17.3. The highest BCUT2D eigenvalue weighted by Gasteiger charge is 2.16. The smallest absolute Gasteiger partial charge is 0.262 e. The van der Waals surface area contributed by atoms with Crippen molar-refractivity contribution in [2.45, 2.75) is 51.2 Å². The molecule has 152 valence electrons. The van der Waals surface area contributed by atoms with Crippen LogP contribution in [0.25, 0.3) is 10.9 Å². The van der Waals surface area contributed by atoms with Gasteiger partial charge in [0.25, 0.3) is 5.56 Å². The van der Waals surface area contributed by atoms with Gasteiger partial charge in [-0.3, -0.25) is 14.2 Å². The summed E-state index contributed by atoms with van der Waals surface area (Å²) in [4.78, 5) is 30.2. The lowest BCUT2D eigenvalue weighted by Crippen LogP contribution is -2.25. The molecule has 3 rings (SSSR count). The largest absolute Gasteiger partial charge is 0.325 e. The fraction of sp³-hybridized carbons (Fsp3) is 0.348. The summed E-state index contributed by atoms with van der Waals surface area (Å²) in [5.41, 5.74) is 2.56. The van der Waals surface area contributed by atoms with Crippen LogP contribution in [0.5, 0.6) is 0 Å². The van der Waals surface area contributed by atoms with Crippen molar-refractivity contribution in [3.05, 3.63) is 64.4 Å². The summed E-state index contributed by atoms with van der Waals surface area (Å²) in [5.74, 6) is 0.447. The predicted octanol–water partition coefficient (Wildman–Crippen LogP) is 5.22. The number of fused-ring (bicyclic) bond motifs is 1. The molecule has 0 aliphatic carbocycles. The van der Waals surface area contributed by atoms with Crippen molar-refractivity contribution in [3.63, 3.8) is 0 Å². The van der Waals surface area contributed by atoms with Gasteiger partial charge in [-0.15, -0.1) is 0 Å². The van der Waals surface area contributed by atoms with Crippen molar-refractivity contribution >= 4 is 34.3 Å². The number of nitrogens with zero attached hydrogens (tertiary/aromatic N) is 2. The molecule has 0 aliphatic rings. The molecule has 3 aromatic rings. The van der Waals surface area contributed by atoms with Crippen molar-refractivity contribution in [2.24, 2.45) is 0 Å². The molecule has 2 aromatic carbocycles. The third kappa shape index (κ3) is 4.70. The minimum Gasteiger partial charge on any atom is -0.325 e. The van der Waals surface area contributed by atoms with Crippen LogP contribution in [0.2, 0.25) is 0 Å². The highest BCUT2D eigenvalue weighted by molar-refractivity contribution is 7.99. The molecule has 1 amide bonds. The molecule has 0 fully saturated rings. The zero-order valence-corrected chi connectivity index (χ0v) is 18.1. The molecule has 0 spiro atoms. The molecule has 1 aromatic heterocycles. The van der Waals surface area contributed by atoms with Crippen molar-refractivity contribution in [1.29, 1.82) is 0 Å². The van der Waals surface area contributed by atoms with E-state index in [0.29, 0.717) is 22.0 Å². The van der Waals surface area contributed by atoms with Crippen LogP contribution >= 0.6 is 11.8 Å². The van der Waals surface area contributed by atoms with Crippen molar-refractivity contribution in [3.8, 4) is 0 Å². The van der Waals surface area contributed by atoms with Gasteiger partial charge >= 0.3 is 0 Å². The van der Waals surface area contributed by atoms with Crippen LogP contribution in [0.4, 0.5) is 5.69 Å². The summed E-state index contributed by atoms with van der Waals surface area (Å²) in [7, 11) is 0. The van der Waals surface area contributed by atoms with E-state index in [-0.39, 0.29) is 23.3 Å². The Kier molecular flexibility index (Phi) is 6.75. The molecular formula is C23H27N3O2S. The highest BCUT2D eigenvalue weighted by atomic mass is 32.2. The van der Waals surface area contributed by atoms with Crippen LogP contribution in [0.15, 0.2) is 58.5 Å². The Bertz CT molecular complexity index is 1080. The maximum absolute atomic E-state index is 12.9. The number of benzene rings is 2. The third-order valence-electron chi connectivity index (χ3n) is 5.00. The van der Waals surface area contributed by atoms with Gasteiger partial charge in [-0.05, 0) is 49.9 Å². The van der Waals surface area contributed by atoms with E-state index in [1.54, 1.807) is 10.6 Å². The fourth-order valence-electron chi connectivity index (χ4n) is 3.26. The first kappa shape index (κ1) is 21.1. The van der Waals surface area contributed by atoms with Crippen LogP contribution in [-0.4, -0.2) is 21.2 Å². The third-order valence-corrected chi connectivity index (χ3v) is 5.96. The molecule has 1 heterocycles. The molecular weight excluding hydrogens is 382 g/mol. The lowest BCUT2D eigenvalue weighted by molar-refractivity contribution is -0.113. The number of carbonyl (C=O) groups is 1. The number of nitrogens with one attached hydrogen (secondary N) is 1. The summed E-state index contributed by atoms with van der Waals surface area (Å²) >= 11 is 1.29. The molecule has 0 aliphatic heterocycles. The minimum absolute atomic E-state index is 0.0451. The van der Waals surface area contributed by atoms with E-state index in [4.69, 9.17) is 0 Å². The number of amides is 1. The van der Waals surface area contributed by atoms with Crippen LogP contribution in [-0.2, 0) is 4.79 Å². The Morgan fingerprint density at radius 1 is 1.10 bits per heavy atom. The van der Waals surface area contributed by atoms with E-state index in [2.05, 4.69) is 30.2 Å². The topological polar surface area (TPSA) is 64.0 Å². The van der Waals surface area contributed by atoms with Gasteiger partial charge in [0.05, 0.1) is 16.7 Å². The van der Waals surface area contributed by atoms with Crippen molar-refractivity contribution in [2.75, 3.05) is 11.1 Å². The number of rotatable bonds is 7. The van der Waals surface area contributed by atoms with Crippen LogP contribution in [0, 0.1) is 0 Å². The molecule has 1 atom stereocenters. The number of carbonyl (C=O) groups excluding carboxylic acids is 1. The maximum atomic E-state index is 12.9. The SMILES string of the molecule is CC[C@H](C)c1ccccc1NC(=O)CSc1nc2ccccc2c(=O)n1C(C)C. The average molecular weight is 410 g/mol. The van der Waals surface area contributed by atoms with E-state index in [1.165, 1.54) is 11.8 Å². The molecule has 5 nitrogen and oxygen atoms in total. The Balaban J connectivity index is 1.82. The molecule has 29 heavy (non-hydrogen) atoms. The minimum atomic E-state index is -0.108. The normalized spacial score (nSPS) is 12.3. The average Bonchev–Trinajstić information content (AvgIpc) is 2.72. The second-order valence-corrected chi connectivity index (χ2v) is 8.36. The van der Waals surface area contributed by atoms with Gasteiger partial charge in [0.15, 0.2) is 5.16 Å². The van der Waals surface area contributed by atoms with Crippen molar-refractivity contribution < 1.29 is 4.79 Å². The summed E-state index contributed by atoms with van der Waals surface area (Å²) in [6.07, 6.45) is 1.00. The van der Waals surface area contributed by atoms with Gasteiger partial charge < -0.3 is 5.32 Å². The van der Waals surface area contributed by atoms with Gasteiger partial charge in [-0.1, -0.05) is 55.9 Å². The molecule has 0 bridgehead atoms. The molecule has 6 heteroatoms. The predicted molar refractivity (Wildman–Crippen MR) is 121 cm³/mol. The number of aromatic nitrogens is 2. The Morgan fingerprint density at radius 3 is 2.52 bits per heavy atom. The molecule has 0 unspecified atom stereocenters. The zero-order chi connectivity index (χ0) is 21.0. The Hall–Kier alpha value is -2.60. The number of thioether (sulfide) groups is 1. The number of hydrogen-bond donors (Lipinski definition) is 1. The van der Waals surface area contributed by atoms with Crippen molar-refractivity contribution in [1.82, 2.24) is 9.55 Å².